The SMILES string of the molecule is CN1CCN(c2cccc(-c3cc(Cl)ccc3C(Oc3cc(N4CCC5(CC4)CN[C@H](C(=O)O)C5)nc(N)n3)C(F)(F)F)c2)C1=O. The van der Waals surface area contributed by atoms with E-state index in [1.807, 2.05) is 4.90 Å². The van der Waals surface area contributed by atoms with Gasteiger partial charge in [0, 0.05) is 62.1 Å². The third-order valence-corrected chi connectivity index (χ3v) is 9.27. The van der Waals surface area contributed by atoms with E-state index in [0.717, 1.165) is 0 Å². The topological polar surface area (TPSA) is 137 Å². The number of urea groups is 1. The minimum Gasteiger partial charge on any atom is -0.480 e. The summed E-state index contributed by atoms with van der Waals surface area (Å²) in [5.41, 5.74) is 6.75. The van der Waals surface area contributed by atoms with Crippen LogP contribution in [0.3, 0.4) is 0 Å². The van der Waals surface area contributed by atoms with E-state index in [2.05, 4.69) is 15.3 Å². The molecule has 1 unspecified atom stereocenters. The number of halogens is 4. The van der Waals surface area contributed by atoms with Crippen LogP contribution in [-0.2, 0) is 4.79 Å². The first-order valence-corrected chi connectivity index (χ1v) is 15.2. The Bertz CT molecular complexity index is 1650. The highest BCUT2D eigenvalue weighted by Crippen LogP contribution is 2.44. The molecule has 15 heteroatoms. The molecular weight excluding hydrogens is 627 g/mol. The Morgan fingerprint density at radius 2 is 1.89 bits per heavy atom. The Labute approximate surface area is 268 Å². The molecule has 244 valence electrons. The number of nitrogen functional groups attached to an aromatic ring is 1. The van der Waals surface area contributed by atoms with E-state index in [-0.39, 0.29) is 39.4 Å². The summed E-state index contributed by atoms with van der Waals surface area (Å²) >= 11 is 6.28. The molecule has 6 rings (SSSR count). The summed E-state index contributed by atoms with van der Waals surface area (Å²) in [5.74, 6) is -1.15. The van der Waals surface area contributed by atoms with Gasteiger partial charge >= 0.3 is 18.2 Å². The standard InChI is InChI=1S/C31H33ClF3N7O4/c1-40-11-12-42(29(40)45)20-4-2-3-18(13-20)22-14-19(32)5-6-21(22)26(31(33,34)35)46-25-15-24(38-28(36)39-25)41-9-7-30(8-10-41)16-23(27(43)44)37-17-30/h2-6,13-15,23,26,37H,7-12,16-17H2,1H3,(H,43,44)(H2,36,38,39)/t23-,26?/m0/s1. The van der Waals surface area contributed by atoms with E-state index < -0.39 is 24.3 Å². The lowest BCUT2D eigenvalue weighted by molar-refractivity contribution is -0.198. The van der Waals surface area contributed by atoms with Gasteiger partial charge in [0.05, 0.1) is 0 Å². The predicted molar refractivity (Wildman–Crippen MR) is 166 cm³/mol. The van der Waals surface area contributed by atoms with Gasteiger partial charge in [-0.1, -0.05) is 29.8 Å². The minimum atomic E-state index is -4.86. The molecule has 2 atom stereocenters. The summed E-state index contributed by atoms with van der Waals surface area (Å²) in [7, 11) is 1.68. The number of alkyl halides is 3. The number of amides is 2. The highest BCUT2D eigenvalue weighted by atomic mass is 35.5. The van der Waals surface area contributed by atoms with Crippen LogP contribution in [0.5, 0.6) is 5.88 Å². The van der Waals surface area contributed by atoms with Crippen molar-refractivity contribution < 1.29 is 32.6 Å². The highest BCUT2D eigenvalue weighted by molar-refractivity contribution is 6.30. The van der Waals surface area contributed by atoms with Gasteiger partial charge in [0.25, 0.3) is 0 Å². The van der Waals surface area contributed by atoms with Gasteiger partial charge in [0.2, 0.25) is 17.9 Å². The number of carbonyl (C=O) groups is 2. The van der Waals surface area contributed by atoms with Crippen LogP contribution in [0.1, 0.15) is 30.9 Å². The van der Waals surface area contributed by atoms with Gasteiger partial charge in [-0.3, -0.25) is 9.69 Å². The summed E-state index contributed by atoms with van der Waals surface area (Å²) in [6.07, 6.45) is -5.42. The number of carbonyl (C=O) groups excluding carboxylic acids is 1. The van der Waals surface area contributed by atoms with Crippen molar-refractivity contribution >= 4 is 41.1 Å². The van der Waals surface area contributed by atoms with Crippen LogP contribution in [0.4, 0.5) is 35.4 Å². The Hall–Kier alpha value is -4.30. The number of carboxylic acid groups (broad SMARTS) is 1. The molecule has 4 N–H and O–H groups in total. The molecule has 46 heavy (non-hydrogen) atoms. The van der Waals surface area contributed by atoms with E-state index in [0.29, 0.717) is 69.1 Å². The van der Waals surface area contributed by atoms with Gasteiger partial charge in [-0.15, -0.1) is 0 Å². The van der Waals surface area contributed by atoms with Crippen molar-refractivity contribution in [2.45, 2.75) is 37.6 Å². The lowest BCUT2D eigenvalue weighted by atomic mass is 9.76. The largest absolute Gasteiger partial charge is 0.480 e. The normalized spacial score (nSPS) is 20.4. The lowest BCUT2D eigenvalue weighted by Crippen LogP contribution is -2.41. The number of nitrogens with one attached hydrogen (secondary N) is 1. The number of hydrogen-bond acceptors (Lipinski definition) is 8. The zero-order chi connectivity index (χ0) is 32.8. The fourth-order valence-corrected chi connectivity index (χ4v) is 6.67. The monoisotopic (exact) mass is 659 g/mol. The zero-order valence-electron chi connectivity index (χ0n) is 24.9. The number of anilines is 3. The molecule has 3 aromatic rings. The Kier molecular flexibility index (Phi) is 8.36. The minimum absolute atomic E-state index is 0.168. The maximum Gasteiger partial charge on any atom is 0.429 e. The molecule has 2 amide bonds. The quantitative estimate of drug-likeness (QED) is 0.321. The third kappa shape index (κ3) is 6.36. The van der Waals surface area contributed by atoms with Crippen LogP contribution in [0.2, 0.25) is 5.02 Å². The van der Waals surface area contributed by atoms with E-state index in [4.69, 9.17) is 22.1 Å². The van der Waals surface area contributed by atoms with E-state index in [1.54, 1.807) is 41.1 Å². The van der Waals surface area contributed by atoms with Crippen molar-refractivity contribution in [2.75, 3.05) is 55.3 Å². The van der Waals surface area contributed by atoms with Crippen molar-refractivity contribution in [1.82, 2.24) is 20.2 Å². The molecular formula is C31H33ClF3N7O4. The van der Waals surface area contributed by atoms with E-state index in [1.165, 1.54) is 24.3 Å². The van der Waals surface area contributed by atoms with Crippen molar-refractivity contribution in [2.24, 2.45) is 5.41 Å². The molecule has 1 spiro atoms. The maximum atomic E-state index is 14.8. The second-order valence-electron chi connectivity index (χ2n) is 12.1. The van der Waals surface area contributed by atoms with Crippen molar-refractivity contribution in [3.63, 3.8) is 0 Å². The second-order valence-corrected chi connectivity index (χ2v) is 12.5. The summed E-state index contributed by atoms with van der Waals surface area (Å²) in [6.45, 7) is 2.59. The average molecular weight is 660 g/mol. The number of ether oxygens (including phenoxy) is 1. The van der Waals surface area contributed by atoms with Crippen molar-refractivity contribution in [3.05, 3.63) is 59.1 Å². The number of carboxylic acids is 1. The van der Waals surface area contributed by atoms with Gasteiger partial charge in [0.15, 0.2) is 0 Å². The maximum absolute atomic E-state index is 14.8. The molecule has 3 fully saturated rings. The van der Waals surface area contributed by atoms with Gasteiger partial charge in [-0.2, -0.15) is 23.1 Å². The molecule has 2 aromatic carbocycles. The van der Waals surface area contributed by atoms with Gasteiger partial charge in [-0.25, -0.2) is 4.79 Å². The van der Waals surface area contributed by atoms with Crippen LogP contribution >= 0.6 is 11.6 Å². The fraction of sp³-hybridized carbons (Fsp3) is 0.419. The van der Waals surface area contributed by atoms with Gasteiger partial charge in [-0.05, 0) is 60.1 Å². The molecule has 11 nitrogen and oxygen atoms in total. The number of rotatable bonds is 7. The van der Waals surface area contributed by atoms with E-state index in [9.17, 15) is 27.9 Å². The summed E-state index contributed by atoms with van der Waals surface area (Å²) in [6, 6.07) is 11.3. The summed E-state index contributed by atoms with van der Waals surface area (Å²) < 4.78 is 49.9. The Morgan fingerprint density at radius 1 is 1.13 bits per heavy atom. The molecule has 0 bridgehead atoms. The van der Waals surface area contributed by atoms with Crippen LogP contribution in [-0.4, -0.2) is 84.0 Å². The summed E-state index contributed by atoms with van der Waals surface area (Å²) in [5, 5.41) is 12.7. The first kappa shape index (κ1) is 31.7. The molecule has 1 aromatic heterocycles. The number of nitrogens with two attached hydrogens (primary N) is 1. The van der Waals surface area contributed by atoms with Crippen LogP contribution in [0.25, 0.3) is 11.1 Å². The van der Waals surface area contributed by atoms with Crippen LogP contribution < -0.4 is 25.6 Å². The molecule has 3 aliphatic heterocycles. The second kappa shape index (κ2) is 12.1. The van der Waals surface area contributed by atoms with Crippen LogP contribution in [0, 0.1) is 5.41 Å². The average Bonchev–Trinajstić information content (AvgIpc) is 3.58. The fourth-order valence-electron chi connectivity index (χ4n) is 6.50. The first-order chi connectivity index (χ1) is 21.8. The molecule has 0 radical (unpaired) electrons. The third-order valence-electron chi connectivity index (χ3n) is 9.03. The van der Waals surface area contributed by atoms with Crippen molar-refractivity contribution in [1.29, 1.82) is 0 Å². The van der Waals surface area contributed by atoms with Gasteiger partial charge in [0.1, 0.15) is 11.9 Å². The first-order valence-electron chi connectivity index (χ1n) is 14.8. The molecule has 0 aliphatic carbocycles. The number of hydrogen-bond donors (Lipinski definition) is 3. The van der Waals surface area contributed by atoms with Crippen LogP contribution in [0.15, 0.2) is 48.5 Å². The van der Waals surface area contributed by atoms with E-state index >= 15 is 0 Å². The number of aliphatic carboxylic acids is 1. The number of nitrogens with zero attached hydrogens (tertiary/aromatic N) is 5. The molecule has 3 aliphatic rings. The Balaban J connectivity index is 1.28. The zero-order valence-corrected chi connectivity index (χ0v) is 25.7. The Morgan fingerprint density at radius 3 is 2.54 bits per heavy atom. The summed E-state index contributed by atoms with van der Waals surface area (Å²) in [4.78, 5) is 37.3. The number of aromatic nitrogens is 2. The molecule has 4 heterocycles. The number of piperidine rings is 1. The van der Waals surface area contributed by atoms with Crippen molar-refractivity contribution in [3.8, 4) is 17.0 Å². The lowest BCUT2D eigenvalue weighted by Gasteiger charge is -2.39. The number of benzene rings is 2. The molecule has 0 saturated carbocycles. The smallest absolute Gasteiger partial charge is 0.429 e. The predicted octanol–water partition coefficient (Wildman–Crippen LogP) is 4.97. The highest BCUT2D eigenvalue weighted by Gasteiger charge is 2.46. The van der Waals surface area contributed by atoms with Gasteiger partial charge < -0.3 is 30.7 Å². The molecule has 3 saturated heterocycles. The number of likely N-dealkylation sites (N-methyl/N-ethyl adjacent to an activating group) is 1.